The monoisotopic (exact) mass is 178 g/mol. The lowest BCUT2D eigenvalue weighted by Crippen LogP contribution is -2.38. The van der Waals surface area contributed by atoms with Crippen LogP contribution in [0.5, 0.6) is 0 Å². The van der Waals surface area contributed by atoms with Gasteiger partial charge in [0.05, 0.1) is 0 Å². The second-order valence-electron chi connectivity index (χ2n) is 4.33. The van der Waals surface area contributed by atoms with Crippen LogP contribution in [0.25, 0.3) is 0 Å². The predicted octanol–water partition coefficient (Wildman–Crippen LogP) is 0.332. The van der Waals surface area contributed by atoms with Gasteiger partial charge in [-0.2, -0.15) is 5.10 Å². The van der Waals surface area contributed by atoms with E-state index in [1.165, 1.54) is 19.3 Å². The summed E-state index contributed by atoms with van der Waals surface area (Å²) in [6, 6.07) is 0. The molecule has 1 aromatic heterocycles. The molecule has 70 valence electrons. The van der Waals surface area contributed by atoms with Crippen LogP contribution in [0, 0.1) is 5.92 Å². The van der Waals surface area contributed by atoms with E-state index in [1.807, 2.05) is 4.68 Å². The number of aryl methyl sites for hydroxylation is 1. The maximum absolute atomic E-state index is 6.19. The molecule has 2 heterocycles. The summed E-state index contributed by atoms with van der Waals surface area (Å²) in [5.74, 6) is 1.75. The Bertz CT molecular complexity index is 326. The fourth-order valence-electron chi connectivity index (χ4n) is 2.26. The molecule has 0 spiro atoms. The molecule has 4 nitrogen and oxygen atoms in total. The van der Waals surface area contributed by atoms with Crippen molar-refractivity contribution >= 4 is 0 Å². The van der Waals surface area contributed by atoms with Gasteiger partial charge >= 0.3 is 0 Å². The molecule has 0 radical (unpaired) electrons. The first kappa shape index (κ1) is 7.50. The molecule has 1 unspecified atom stereocenters. The van der Waals surface area contributed by atoms with Crippen molar-refractivity contribution < 1.29 is 0 Å². The van der Waals surface area contributed by atoms with Gasteiger partial charge in [0.2, 0.25) is 0 Å². The van der Waals surface area contributed by atoms with E-state index in [4.69, 9.17) is 5.73 Å². The van der Waals surface area contributed by atoms with E-state index in [0.717, 1.165) is 18.8 Å². The van der Waals surface area contributed by atoms with E-state index in [0.29, 0.717) is 5.92 Å². The summed E-state index contributed by atoms with van der Waals surface area (Å²) < 4.78 is 2.01. The lowest BCUT2D eigenvalue weighted by Gasteiger charge is -2.27. The first-order chi connectivity index (χ1) is 6.28. The molecule has 1 saturated carbocycles. The van der Waals surface area contributed by atoms with Crippen LogP contribution in [0.2, 0.25) is 0 Å². The Labute approximate surface area is 77.1 Å². The Balaban J connectivity index is 1.84. The largest absolute Gasteiger partial charge is 0.325 e. The van der Waals surface area contributed by atoms with Gasteiger partial charge < -0.3 is 5.73 Å². The topological polar surface area (TPSA) is 56.7 Å². The molecule has 0 amide bonds. The third-order valence-electron chi connectivity index (χ3n) is 3.45. The highest BCUT2D eigenvalue weighted by molar-refractivity contribution is 5.06. The molecule has 4 heteroatoms. The van der Waals surface area contributed by atoms with E-state index in [-0.39, 0.29) is 5.54 Å². The van der Waals surface area contributed by atoms with Gasteiger partial charge in [0.1, 0.15) is 12.2 Å². The van der Waals surface area contributed by atoms with Gasteiger partial charge in [0, 0.05) is 18.5 Å². The van der Waals surface area contributed by atoms with Gasteiger partial charge in [0.25, 0.3) is 0 Å². The van der Waals surface area contributed by atoms with Crippen LogP contribution in [-0.2, 0) is 13.0 Å². The molecular formula is C9H14N4. The van der Waals surface area contributed by atoms with E-state index >= 15 is 0 Å². The van der Waals surface area contributed by atoms with E-state index < -0.39 is 0 Å². The molecule has 0 saturated heterocycles. The zero-order chi connectivity index (χ0) is 8.89. The second-order valence-corrected chi connectivity index (χ2v) is 4.33. The number of rotatable bonds is 1. The number of hydrogen-bond donors (Lipinski definition) is 1. The Hall–Kier alpha value is -0.900. The first-order valence-corrected chi connectivity index (χ1v) is 4.93. The molecule has 3 rings (SSSR count). The summed E-state index contributed by atoms with van der Waals surface area (Å²) in [4.78, 5) is 4.20. The van der Waals surface area contributed by atoms with Crippen molar-refractivity contribution in [2.45, 2.75) is 37.8 Å². The third-order valence-corrected chi connectivity index (χ3v) is 3.45. The molecule has 1 fully saturated rings. The minimum atomic E-state index is 0.143. The molecule has 13 heavy (non-hydrogen) atoms. The highest BCUT2D eigenvalue weighted by Crippen LogP contribution is 2.43. The van der Waals surface area contributed by atoms with Crippen molar-refractivity contribution in [3.63, 3.8) is 0 Å². The molecule has 2 N–H and O–H groups in total. The van der Waals surface area contributed by atoms with Gasteiger partial charge in [-0.05, 0) is 25.2 Å². The number of nitrogens with two attached hydrogens (primary N) is 1. The zero-order valence-electron chi connectivity index (χ0n) is 7.61. The summed E-state index contributed by atoms with van der Waals surface area (Å²) in [5, 5.41) is 4.20. The fraction of sp³-hybridized carbons (Fsp3) is 0.778. The molecule has 0 aromatic carbocycles. The number of aromatic nitrogens is 3. The fourth-order valence-corrected chi connectivity index (χ4v) is 2.26. The number of fused-ring (bicyclic) bond motifs is 1. The standard InChI is InChI=1S/C9H14N4/c10-9(3-4-9)7-1-2-8-11-6-12-13(8)5-7/h6-7H,1-5,10H2. The molecule has 1 atom stereocenters. The van der Waals surface area contributed by atoms with E-state index in [2.05, 4.69) is 10.1 Å². The normalized spacial score (nSPS) is 29.8. The highest BCUT2D eigenvalue weighted by Gasteiger charge is 2.46. The van der Waals surface area contributed by atoms with Crippen LogP contribution in [0.4, 0.5) is 0 Å². The summed E-state index contributed by atoms with van der Waals surface area (Å²) in [6.07, 6.45) is 6.27. The van der Waals surface area contributed by atoms with Crippen LogP contribution in [0.3, 0.4) is 0 Å². The second kappa shape index (κ2) is 2.32. The average molecular weight is 178 g/mol. The SMILES string of the molecule is NC1(C2CCc3ncnn3C2)CC1. The van der Waals surface area contributed by atoms with Crippen LogP contribution < -0.4 is 5.73 Å². The summed E-state index contributed by atoms with van der Waals surface area (Å²) in [6.45, 7) is 0.978. The third kappa shape index (κ3) is 1.09. The molecule has 0 bridgehead atoms. The Morgan fingerprint density at radius 2 is 2.38 bits per heavy atom. The van der Waals surface area contributed by atoms with Gasteiger partial charge in [-0.1, -0.05) is 0 Å². The quantitative estimate of drug-likeness (QED) is 0.674. The van der Waals surface area contributed by atoms with Gasteiger partial charge in [-0.3, -0.25) is 0 Å². The lowest BCUT2D eigenvalue weighted by atomic mass is 9.90. The Morgan fingerprint density at radius 1 is 1.54 bits per heavy atom. The zero-order valence-corrected chi connectivity index (χ0v) is 7.61. The Morgan fingerprint density at radius 3 is 3.15 bits per heavy atom. The maximum Gasteiger partial charge on any atom is 0.138 e. The van der Waals surface area contributed by atoms with Crippen LogP contribution in [0.15, 0.2) is 6.33 Å². The van der Waals surface area contributed by atoms with Crippen molar-refractivity contribution in [2.75, 3.05) is 0 Å². The van der Waals surface area contributed by atoms with Crippen molar-refractivity contribution in [3.8, 4) is 0 Å². The van der Waals surface area contributed by atoms with Crippen molar-refractivity contribution in [1.29, 1.82) is 0 Å². The molecule has 2 aliphatic rings. The molecule has 1 aromatic rings. The molecule has 1 aliphatic carbocycles. The molecular weight excluding hydrogens is 164 g/mol. The minimum absolute atomic E-state index is 0.143. The van der Waals surface area contributed by atoms with Crippen molar-refractivity contribution in [2.24, 2.45) is 11.7 Å². The summed E-state index contributed by atoms with van der Waals surface area (Å²) >= 11 is 0. The first-order valence-electron chi connectivity index (χ1n) is 4.93. The average Bonchev–Trinajstić information content (AvgIpc) is 2.74. The maximum atomic E-state index is 6.19. The van der Waals surface area contributed by atoms with Gasteiger partial charge in [-0.25, -0.2) is 9.67 Å². The lowest BCUT2D eigenvalue weighted by molar-refractivity contribution is 0.280. The highest BCUT2D eigenvalue weighted by atomic mass is 15.3. The molecule has 1 aliphatic heterocycles. The van der Waals surface area contributed by atoms with Crippen molar-refractivity contribution in [3.05, 3.63) is 12.2 Å². The van der Waals surface area contributed by atoms with Gasteiger partial charge in [0.15, 0.2) is 0 Å². The van der Waals surface area contributed by atoms with Crippen LogP contribution in [0.1, 0.15) is 25.1 Å². The van der Waals surface area contributed by atoms with Crippen LogP contribution in [-0.4, -0.2) is 20.3 Å². The van der Waals surface area contributed by atoms with Gasteiger partial charge in [-0.15, -0.1) is 0 Å². The number of nitrogens with zero attached hydrogens (tertiary/aromatic N) is 3. The van der Waals surface area contributed by atoms with E-state index in [1.54, 1.807) is 6.33 Å². The van der Waals surface area contributed by atoms with E-state index in [9.17, 15) is 0 Å². The predicted molar refractivity (Wildman–Crippen MR) is 48.0 cm³/mol. The smallest absolute Gasteiger partial charge is 0.138 e. The van der Waals surface area contributed by atoms with Crippen LogP contribution >= 0.6 is 0 Å². The number of hydrogen-bond acceptors (Lipinski definition) is 3. The van der Waals surface area contributed by atoms with Crippen molar-refractivity contribution in [1.82, 2.24) is 14.8 Å². The Kier molecular flexibility index (Phi) is 1.34. The summed E-state index contributed by atoms with van der Waals surface area (Å²) in [5.41, 5.74) is 6.33. The minimum Gasteiger partial charge on any atom is -0.325 e. The summed E-state index contributed by atoms with van der Waals surface area (Å²) in [7, 11) is 0.